The molecule has 4 aromatic heterocycles. The van der Waals surface area contributed by atoms with Crippen LogP contribution in [-0.2, 0) is 14.1 Å². The first-order valence-electron chi connectivity index (χ1n) is 23.3. The number of rotatable bonds is 8. The second-order valence-electron chi connectivity index (χ2n) is 18.1. The number of ether oxygens (including phenoxy) is 2. The van der Waals surface area contributed by atoms with Gasteiger partial charge in [-0.15, -0.1) is 0 Å². The average molecular weight is 977 g/mol. The fourth-order valence-corrected chi connectivity index (χ4v) is 9.27. The summed E-state index contributed by atoms with van der Waals surface area (Å²) in [6.07, 6.45) is 0. The van der Waals surface area contributed by atoms with E-state index < -0.39 is 44.5 Å². The molecule has 14 nitrogen and oxygen atoms in total. The summed E-state index contributed by atoms with van der Waals surface area (Å²) in [5, 5.41) is 0.981. The molecule has 0 fully saturated rings. The SMILES string of the molecule is Cc1ccc(-c2ccc(-n3c(=O)c4cc5c(=O)n(C)c(=O)c5cc4c3=O)cc2)cc1.Cc1cccc(Oc2ccc(-c3ccc(Oc4cccc(-n5c(=O)c6cc7c(=O)n(C)c(=O)c7cc6c5=O)c4)cc3)cc2)c1. The smallest absolute Gasteiger partial charge is 0.266 e. The highest BCUT2D eigenvalue weighted by molar-refractivity contribution is 5.99. The molecule has 74 heavy (non-hydrogen) atoms. The highest BCUT2D eigenvalue weighted by Crippen LogP contribution is 2.30. The van der Waals surface area contributed by atoms with Crippen LogP contribution < -0.4 is 53.9 Å². The Bertz CT molecular complexity index is 4520. The Labute approximate surface area is 417 Å². The predicted molar refractivity (Wildman–Crippen MR) is 288 cm³/mol. The number of nitrogens with zero attached hydrogens (tertiary/aromatic N) is 4. The lowest BCUT2D eigenvalue weighted by molar-refractivity contribution is 0.482. The molecule has 0 atom stereocenters. The number of hydrogen-bond donors (Lipinski definition) is 0. The Morgan fingerprint density at radius 3 is 1.00 bits per heavy atom. The van der Waals surface area contributed by atoms with Crippen LogP contribution in [0.3, 0.4) is 0 Å². The number of benzene rings is 8. The summed E-state index contributed by atoms with van der Waals surface area (Å²) >= 11 is 0. The third kappa shape index (κ3) is 7.96. The van der Waals surface area contributed by atoms with Crippen molar-refractivity contribution in [2.75, 3.05) is 0 Å². The van der Waals surface area contributed by atoms with Crippen molar-refractivity contribution >= 4 is 43.1 Å². The van der Waals surface area contributed by atoms with Gasteiger partial charge in [-0.05, 0) is 127 Å². The zero-order valence-electron chi connectivity index (χ0n) is 40.0. The minimum atomic E-state index is -0.570. The van der Waals surface area contributed by atoms with E-state index in [4.69, 9.17) is 9.47 Å². The summed E-state index contributed by atoms with van der Waals surface area (Å²) in [5.74, 6) is 2.54. The summed E-state index contributed by atoms with van der Waals surface area (Å²) in [6, 6.07) is 50.5. The van der Waals surface area contributed by atoms with Crippen molar-refractivity contribution in [1.82, 2.24) is 18.3 Å². The Hall–Kier alpha value is -10.1. The van der Waals surface area contributed by atoms with Crippen LogP contribution in [0.1, 0.15) is 11.1 Å². The van der Waals surface area contributed by atoms with E-state index in [0.29, 0.717) is 22.9 Å². The zero-order chi connectivity index (χ0) is 51.7. The Morgan fingerprint density at radius 1 is 0.284 bits per heavy atom. The first-order valence-corrected chi connectivity index (χ1v) is 23.3. The highest BCUT2D eigenvalue weighted by Gasteiger charge is 2.21. The molecule has 14 heteroatoms. The summed E-state index contributed by atoms with van der Waals surface area (Å²) in [6.45, 7) is 4.04. The van der Waals surface area contributed by atoms with Gasteiger partial charge in [0.15, 0.2) is 0 Å². The highest BCUT2D eigenvalue weighted by atomic mass is 16.5. The van der Waals surface area contributed by atoms with Crippen molar-refractivity contribution in [2.24, 2.45) is 14.1 Å². The Balaban J connectivity index is 0.000000171. The molecule has 0 aliphatic rings. The molecule has 0 aliphatic heterocycles. The van der Waals surface area contributed by atoms with Gasteiger partial charge in [0.1, 0.15) is 23.0 Å². The zero-order valence-corrected chi connectivity index (χ0v) is 40.0. The quantitative estimate of drug-likeness (QED) is 0.144. The van der Waals surface area contributed by atoms with Gasteiger partial charge in [0.05, 0.1) is 54.5 Å². The molecule has 8 aromatic carbocycles. The van der Waals surface area contributed by atoms with E-state index in [2.05, 4.69) is 0 Å². The molecule has 0 saturated carbocycles. The molecular formula is C60H40N4O10. The van der Waals surface area contributed by atoms with Crippen LogP contribution in [0.5, 0.6) is 23.0 Å². The monoisotopic (exact) mass is 976 g/mol. The van der Waals surface area contributed by atoms with Crippen molar-refractivity contribution in [3.8, 4) is 56.6 Å². The molecule has 0 saturated heterocycles. The maximum Gasteiger partial charge on any atom is 0.266 e. The first-order chi connectivity index (χ1) is 35.6. The summed E-state index contributed by atoms with van der Waals surface area (Å²) in [5.41, 5.74) is 2.95. The van der Waals surface area contributed by atoms with Gasteiger partial charge in [-0.3, -0.25) is 47.5 Å². The standard InChI is InChI=1S/C36H24N2O6.C24H16N2O4/c1-21-5-3-7-27(17-21)43-25-13-9-22(10-14-25)23-11-15-26(16-12-23)44-28-8-4-6-24(18-28)38-35(41)31-19-29-30(20-32(31)36(38)42)34(40)37(2)33(29)39;1-13-3-5-14(6-4-13)15-7-9-16(10-8-15)26-23(29)19-11-17-18(12-20(19)24(26)30)22(28)25(2)21(17)27/h3-20H,1-2H3;3-12H,1-2H3. The van der Waals surface area contributed by atoms with Crippen molar-refractivity contribution in [3.05, 3.63) is 264 Å². The maximum atomic E-state index is 13.3. The minimum absolute atomic E-state index is 0.0851. The number of fused-ring (bicyclic) bond motifs is 4. The molecule has 0 amide bonds. The average Bonchev–Trinajstić information content (AvgIpc) is 3.98. The molecule has 12 rings (SSSR count). The molecule has 0 radical (unpaired) electrons. The molecule has 0 aliphatic carbocycles. The van der Waals surface area contributed by atoms with Crippen molar-refractivity contribution in [1.29, 1.82) is 0 Å². The van der Waals surface area contributed by atoms with Crippen LogP contribution in [-0.4, -0.2) is 18.3 Å². The van der Waals surface area contributed by atoms with Gasteiger partial charge in [-0.1, -0.05) is 84.4 Å². The van der Waals surface area contributed by atoms with Gasteiger partial charge >= 0.3 is 0 Å². The fraction of sp³-hybridized carbons (Fsp3) is 0.0667. The first kappa shape index (κ1) is 46.3. The summed E-state index contributed by atoms with van der Waals surface area (Å²) < 4.78 is 16.1. The number of hydrogen-bond acceptors (Lipinski definition) is 10. The largest absolute Gasteiger partial charge is 0.457 e. The summed E-state index contributed by atoms with van der Waals surface area (Å²) in [7, 11) is 2.74. The molecule has 0 unspecified atom stereocenters. The third-order valence-electron chi connectivity index (χ3n) is 13.3. The van der Waals surface area contributed by atoms with E-state index in [-0.39, 0.29) is 43.1 Å². The second-order valence-corrected chi connectivity index (χ2v) is 18.1. The van der Waals surface area contributed by atoms with Crippen molar-refractivity contribution < 1.29 is 9.47 Å². The van der Waals surface area contributed by atoms with Crippen LogP contribution in [0.25, 0.3) is 76.7 Å². The lowest BCUT2D eigenvalue weighted by atomic mass is 10.0. The molecule has 4 heterocycles. The van der Waals surface area contributed by atoms with Gasteiger partial charge in [-0.25, -0.2) is 9.13 Å². The van der Waals surface area contributed by atoms with Gasteiger partial charge in [0.2, 0.25) is 0 Å². The minimum Gasteiger partial charge on any atom is -0.457 e. The third-order valence-corrected chi connectivity index (χ3v) is 13.3. The van der Waals surface area contributed by atoms with E-state index >= 15 is 0 Å². The molecule has 0 N–H and O–H groups in total. The van der Waals surface area contributed by atoms with E-state index in [1.165, 1.54) is 38.4 Å². The topological polar surface area (TPSA) is 175 Å². The second kappa shape index (κ2) is 18.0. The van der Waals surface area contributed by atoms with Crippen molar-refractivity contribution in [3.63, 3.8) is 0 Å². The van der Waals surface area contributed by atoms with Gasteiger partial charge < -0.3 is 9.47 Å². The van der Waals surface area contributed by atoms with E-state index in [1.54, 1.807) is 36.4 Å². The molecule has 360 valence electrons. The van der Waals surface area contributed by atoms with E-state index in [9.17, 15) is 38.4 Å². The lowest BCUT2D eigenvalue weighted by Gasteiger charge is -2.10. The maximum absolute atomic E-state index is 13.3. The normalized spacial score (nSPS) is 11.4. The number of aryl methyl sites for hydroxylation is 2. The van der Waals surface area contributed by atoms with Crippen LogP contribution >= 0.6 is 0 Å². The van der Waals surface area contributed by atoms with Crippen LogP contribution in [0, 0.1) is 13.8 Å². The van der Waals surface area contributed by atoms with Crippen LogP contribution in [0.4, 0.5) is 0 Å². The van der Waals surface area contributed by atoms with E-state index in [0.717, 1.165) is 63.1 Å². The van der Waals surface area contributed by atoms with E-state index in [1.807, 2.05) is 123 Å². The van der Waals surface area contributed by atoms with Crippen molar-refractivity contribution in [2.45, 2.75) is 13.8 Å². The molecule has 0 spiro atoms. The van der Waals surface area contributed by atoms with Gasteiger partial charge in [0, 0.05) is 20.2 Å². The Morgan fingerprint density at radius 2 is 0.608 bits per heavy atom. The summed E-state index contributed by atoms with van der Waals surface area (Å²) in [4.78, 5) is 102. The van der Waals surface area contributed by atoms with Gasteiger partial charge in [-0.2, -0.15) is 0 Å². The molecule has 0 bridgehead atoms. The Kier molecular flexibility index (Phi) is 11.2. The number of aromatic nitrogens is 4. The van der Waals surface area contributed by atoms with Crippen LogP contribution in [0.15, 0.2) is 208 Å². The molecule has 12 aromatic rings. The lowest BCUT2D eigenvalue weighted by Crippen LogP contribution is -2.23. The molecular weight excluding hydrogens is 937 g/mol. The predicted octanol–water partition coefficient (Wildman–Crippen LogP) is 8.41. The van der Waals surface area contributed by atoms with Crippen LogP contribution in [0.2, 0.25) is 0 Å². The van der Waals surface area contributed by atoms with Gasteiger partial charge in [0.25, 0.3) is 44.5 Å². The fourth-order valence-electron chi connectivity index (χ4n) is 9.27.